The molecule has 2 unspecified atom stereocenters. The van der Waals surface area contributed by atoms with Gasteiger partial charge in [0.05, 0.1) is 5.92 Å². The van der Waals surface area contributed by atoms with E-state index in [1.807, 2.05) is 11.8 Å². The molecule has 0 bridgehead atoms. The molecule has 1 saturated heterocycles. The highest BCUT2D eigenvalue weighted by Gasteiger charge is 2.31. The standard InChI is InChI=1S/C13H26N2OS/c1-5-13(6-2,17-4)9-15-12(16)11-8-14-7-10(11)3/h10-11,14H,5-9H2,1-4H3,(H,15,16). The van der Waals surface area contributed by atoms with Crippen molar-refractivity contribution in [2.75, 3.05) is 25.9 Å². The minimum Gasteiger partial charge on any atom is -0.354 e. The molecule has 4 heteroatoms. The van der Waals surface area contributed by atoms with Gasteiger partial charge < -0.3 is 10.6 Å². The predicted octanol–water partition coefficient (Wildman–Crippen LogP) is 1.88. The summed E-state index contributed by atoms with van der Waals surface area (Å²) in [5.41, 5.74) is 0. The van der Waals surface area contributed by atoms with Crippen LogP contribution in [0.25, 0.3) is 0 Å². The summed E-state index contributed by atoms with van der Waals surface area (Å²) in [6.45, 7) is 9.14. The van der Waals surface area contributed by atoms with Gasteiger partial charge >= 0.3 is 0 Å². The van der Waals surface area contributed by atoms with Crippen LogP contribution >= 0.6 is 11.8 Å². The third-order valence-corrected chi connectivity index (χ3v) is 5.75. The second kappa shape index (κ2) is 6.64. The summed E-state index contributed by atoms with van der Waals surface area (Å²) in [6.07, 6.45) is 4.34. The van der Waals surface area contributed by atoms with Crippen LogP contribution in [0.2, 0.25) is 0 Å². The zero-order valence-corrected chi connectivity index (χ0v) is 12.3. The van der Waals surface area contributed by atoms with Gasteiger partial charge in [0.25, 0.3) is 0 Å². The first-order valence-electron chi connectivity index (χ1n) is 6.62. The van der Waals surface area contributed by atoms with Crippen molar-refractivity contribution in [1.29, 1.82) is 0 Å². The summed E-state index contributed by atoms with van der Waals surface area (Å²) in [5.74, 6) is 0.841. The first-order valence-corrected chi connectivity index (χ1v) is 7.84. The molecule has 3 nitrogen and oxygen atoms in total. The summed E-state index contributed by atoms with van der Waals surface area (Å²) in [5, 5.41) is 6.43. The maximum Gasteiger partial charge on any atom is 0.224 e. The number of carbonyl (C=O) groups excluding carboxylic acids is 1. The van der Waals surface area contributed by atoms with Gasteiger partial charge in [-0.25, -0.2) is 0 Å². The number of hydrogen-bond acceptors (Lipinski definition) is 3. The minimum atomic E-state index is 0.156. The highest BCUT2D eigenvalue weighted by molar-refractivity contribution is 8.00. The van der Waals surface area contributed by atoms with Gasteiger partial charge in [0.15, 0.2) is 0 Å². The van der Waals surface area contributed by atoms with E-state index in [1.54, 1.807) is 0 Å². The number of amides is 1. The van der Waals surface area contributed by atoms with Gasteiger partial charge in [-0.3, -0.25) is 4.79 Å². The average molecular weight is 258 g/mol. The van der Waals surface area contributed by atoms with Crippen molar-refractivity contribution < 1.29 is 4.79 Å². The van der Waals surface area contributed by atoms with Crippen molar-refractivity contribution in [3.8, 4) is 0 Å². The molecule has 0 saturated carbocycles. The van der Waals surface area contributed by atoms with Crippen LogP contribution in [-0.2, 0) is 4.79 Å². The van der Waals surface area contributed by atoms with Crippen LogP contribution in [0.5, 0.6) is 0 Å². The summed E-state index contributed by atoms with van der Waals surface area (Å²) in [4.78, 5) is 12.1. The normalized spacial score (nSPS) is 24.9. The molecule has 100 valence electrons. The lowest BCUT2D eigenvalue weighted by Crippen LogP contribution is -2.43. The molecule has 0 aromatic rings. The average Bonchev–Trinajstić information content (AvgIpc) is 2.78. The first kappa shape index (κ1) is 14.8. The van der Waals surface area contributed by atoms with Crippen LogP contribution in [-0.4, -0.2) is 36.5 Å². The van der Waals surface area contributed by atoms with Crippen molar-refractivity contribution in [1.82, 2.24) is 10.6 Å². The monoisotopic (exact) mass is 258 g/mol. The fourth-order valence-electron chi connectivity index (χ4n) is 2.40. The SMILES string of the molecule is CCC(CC)(CNC(=O)C1CNCC1C)SC. The molecule has 1 amide bonds. The molecule has 1 aliphatic heterocycles. The molecule has 1 aliphatic rings. The van der Waals surface area contributed by atoms with Gasteiger partial charge in [0.2, 0.25) is 5.91 Å². The zero-order chi connectivity index (χ0) is 12.9. The maximum atomic E-state index is 12.1. The molecular formula is C13H26N2OS. The van der Waals surface area contributed by atoms with Gasteiger partial charge in [-0.05, 0) is 31.6 Å². The molecule has 2 N–H and O–H groups in total. The van der Waals surface area contributed by atoms with E-state index in [4.69, 9.17) is 0 Å². The molecule has 0 spiro atoms. The third kappa shape index (κ3) is 3.62. The summed E-state index contributed by atoms with van der Waals surface area (Å²) in [7, 11) is 0. The van der Waals surface area contributed by atoms with Crippen LogP contribution in [0.1, 0.15) is 33.6 Å². The fraction of sp³-hybridized carbons (Fsp3) is 0.923. The summed E-state index contributed by atoms with van der Waals surface area (Å²) < 4.78 is 0.213. The number of thioether (sulfide) groups is 1. The molecule has 1 fully saturated rings. The Morgan fingerprint density at radius 2 is 2.06 bits per heavy atom. The maximum absolute atomic E-state index is 12.1. The van der Waals surface area contributed by atoms with Crippen molar-refractivity contribution in [2.24, 2.45) is 11.8 Å². The van der Waals surface area contributed by atoms with E-state index >= 15 is 0 Å². The van der Waals surface area contributed by atoms with E-state index in [-0.39, 0.29) is 16.6 Å². The summed E-state index contributed by atoms with van der Waals surface area (Å²) in [6, 6.07) is 0. The first-order chi connectivity index (χ1) is 8.08. The van der Waals surface area contributed by atoms with E-state index in [9.17, 15) is 4.79 Å². The lowest BCUT2D eigenvalue weighted by atomic mass is 9.96. The molecule has 17 heavy (non-hydrogen) atoms. The number of rotatable bonds is 6. The van der Waals surface area contributed by atoms with Crippen molar-refractivity contribution in [3.05, 3.63) is 0 Å². The van der Waals surface area contributed by atoms with Gasteiger partial charge in [-0.1, -0.05) is 20.8 Å². The smallest absolute Gasteiger partial charge is 0.224 e. The molecule has 1 rings (SSSR count). The number of carbonyl (C=O) groups is 1. The van der Waals surface area contributed by atoms with E-state index in [2.05, 4.69) is 37.7 Å². The fourth-order valence-corrected chi connectivity index (χ4v) is 3.20. The van der Waals surface area contributed by atoms with Gasteiger partial charge in [-0.15, -0.1) is 0 Å². The lowest BCUT2D eigenvalue weighted by molar-refractivity contribution is -0.125. The Hall–Kier alpha value is -0.220. The van der Waals surface area contributed by atoms with Crippen molar-refractivity contribution >= 4 is 17.7 Å². The minimum absolute atomic E-state index is 0.156. The lowest BCUT2D eigenvalue weighted by Gasteiger charge is -2.30. The second-order valence-electron chi connectivity index (χ2n) is 5.05. The Morgan fingerprint density at radius 3 is 2.47 bits per heavy atom. The van der Waals surface area contributed by atoms with Gasteiger partial charge in [0.1, 0.15) is 0 Å². The highest BCUT2D eigenvalue weighted by atomic mass is 32.2. The molecule has 0 aromatic heterocycles. The number of hydrogen-bond donors (Lipinski definition) is 2. The van der Waals surface area contributed by atoms with Crippen LogP contribution in [0, 0.1) is 11.8 Å². The van der Waals surface area contributed by atoms with E-state index in [0.29, 0.717) is 5.92 Å². The summed E-state index contributed by atoms with van der Waals surface area (Å²) >= 11 is 1.87. The Bertz CT molecular complexity index is 246. The van der Waals surface area contributed by atoms with Crippen LogP contribution in [0.4, 0.5) is 0 Å². The molecular weight excluding hydrogens is 232 g/mol. The topological polar surface area (TPSA) is 41.1 Å². The van der Waals surface area contributed by atoms with E-state index < -0.39 is 0 Å². The van der Waals surface area contributed by atoms with Gasteiger partial charge in [-0.2, -0.15) is 11.8 Å². The zero-order valence-electron chi connectivity index (χ0n) is 11.5. The Kier molecular flexibility index (Phi) is 5.80. The molecule has 2 atom stereocenters. The quantitative estimate of drug-likeness (QED) is 0.764. The highest BCUT2D eigenvalue weighted by Crippen LogP contribution is 2.29. The number of nitrogens with one attached hydrogen (secondary N) is 2. The largest absolute Gasteiger partial charge is 0.354 e. The Balaban J connectivity index is 2.46. The van der Waals surface area contributed by atoms with Crippen LogP contribution in [0.3, 0.4) is 0 Å². The van der Waals surface area contributed by atoms with E-state index in [0.717, 1.165) is 32.5 Å². The van der Waals surface area contributed by atoms with E-state index in [1.165, 1.54) is 0 Å². The molecule has 0 radical (unpaired) electrons. The molecule has 1 heterocycles. The molecule has 0 aromatic carbocycles. The Labute approximate surface area is 109 Å². The van der Waals surface area contributed by atoms with Gasteiger partial charge in [0, 0.05) is 17.8 Å². The van der Waals surface area contributed by atoms with Crippen molar-refractivity contribution in [3.63, 3.8) is 0 Å². The van der Waals surface area contributed by atoms with Crippen LogP contribution in [0.15, 0.2) is 0 Å². The van der Waals surface area contributed by atoms with Crippen LogP contribution < -0.4 is 10.6 Å². The van der Waals surface area contributed by atoms with Crippen molar-refractivity contribution in [2.45, 2.75) is 38.4 Å². The second-order valence-corrected chi connectivity index (χ2v) is 6.33. The third-order valence-electron chi connectivity index (χ3n) is 4.16. The predicted molar refractivity (Wildman–Crippen MR) is 75.4 cm³/mol. The Morgan fingerprint density at radius 1 is 1.41 bits per heavy atom. The molecule has 0 aliphatic carbocycles.